The molecule has 0 saturated heterocycles. The van der Waals surface area contributed by atoms with Crippen LogP contribution >= 0.6 is 0 Å². The van der Waals surface area contributed by atoms with Gasteiger partial charge in [-0.05, 0) is 0 Å². The number of alkyl halides is 9. The van der Waals surface area contributed by atoms with Crippen LogP contribution in [0.3, 0.4) is 0 Å². The number of hydrogen-bond donors (Lipinski definition) is 2. The Balaban J connectivity index is 0. The van der Waals surface area contributed by atoms with Crippen LogP contribution in [0.2, 0.25) is 0 Å². The number of halogens is 9. The molecular weight excluding hydrogens is 397 g/mol. The third-order valence-electron chi connectivity index (χ3n) is 2.97. The second-order valence-electron chi connectivity index (χ2n) is 4.92. The zero-order valence-corrected chi connectivity index (χ0v) is 13.3. The van der Waals surface area contributed by atoms with E-state index in [1.54, 1.807) is 0 Å². The zero-order chi connectivity index (χ0) is 19.2. The van der Waals surface area contributed by atoms with Crippen molar-refractivity contribution in [3.63, 3.8) is 0 Å². The van der Waals surface area contributed by atoms with E-state index in [1.165, 1.54) is 0 Å². The van der Waals surface area contributed by atoms with Gasteiger partial charge in [-0.2, -0.15) is 8.42 Å². The van der Waals surface area contributed by atoms with E-state index in [4.69, 9.17) is 4.55 Å². The summed E-state index contributed by atoms with van der Waals surface area (Å²) in [5.74, 6) is -1.98. The molecule has 0 fully saturated rings. The van der Waals surface area contributed by atoms with Gasteiger partial charge in [-0.1, -0.05) is 0 Å². The largest absolute Gasteiger partial charge is 0.344 e. The lowest BCUT2D eigenvalue weighted by Gasteiger charge is -2.26. The smallest absolute Gasteiger partial charge is 0.267 e. The van der Waals surface area contributed by atoms with Crippen molar-refractivity contribution < 1.29 is 52.5 Å². The summed E-state index contributed by atoms with van der Waals surface area (Å²) in [5.41, 5.74) is 0. The Morgan fingerprint density at radius 2 is 1.00 bits per heavy atom. The highest BCUT2D eigenvalue weighted by atomic mass is 32.2. The molecule has 8 atom stereocenters. The minimum Gasteiger partial charge on any atom is -0.344 e. The molecule has 154 valence electrons. The molecule has 14 heteroatoms. The van der Waals surface area contributed by atoms with Crippen LogP contribution in [0.4, 0.5) is 39.5 Å². The molecule has 0 bridgehead atoms. The van der Waals surface area contributed by atoms with Gasteiger partial charge in [0.05, 0.1) is 6.67 Å². The Labute approximate surface area is 138 Å². The van der Waals surface area contributed by atoms with Crippen LogP contribution in [0, 0.1) is 0 Å². The van der Waals surface area contributed by atoms with Crippen molar-refractivity contribution in [3.05, 3.63) is 0 Å². The van der Waals surface area contributed by atoms with Crippen LogP contribution in [0.15, 0.2) is 0 Å². The first-order chi connectivity index (χ1) is 10.8. The maximum Gasteiger partial charge on any atom is 0.267 e. The Morgan fingerprint density at radius 3 is 1.32 bits per heavy atom. The van der Waals surface area contributed by atoms with Gasteiger partial charge in [-0.15, -0.1) is 0 Å². The van der Waals surface area contributed by atoms with E-state index in [1.807, 2.05) is 0 Å². The molecule has 4 nitrogen and oxygen atoms in total. The summed E-state index contributed by atoms with van der Waals surface area (Å²) in [6.45, 7) is -1.44. The normalized spacial score (nSPS) is 22.0. The van der Waals surface area contributed by atoms with E-state index in [-0.39, 0.29) is 6.15 Å². The average Bonchev–Trinajstić information content (AvgIpc) is 2.48. The first-order valence-corrected chi connectivity index (χ1v) is 8.08. The van der Waals surface area contributed by atoms with Crippen LogP contribution < -0.4 is 6.15 Å². The van der Waals surface area contributed by atoms with Crippen LogP contribution in [0.25, 0.3) is 0 Å². The van der Waals surface area contributed by atoms with Gasteiger partial charge in [0.1, 0.15) is 11.9 Å². The molecular formula is C11H18F9NO3S. The van der Waals surface area contributed by atoms with Crippen LogP contribution in [0.1, 0.15) is 6.42 Å². The fourth-order valence-corrected chi connectivity index (χ4v) is 2.24. The van der Waals surface area contributed by atoms with Gasteiger partial charge >= 0.3 is 0 Å². The van der Waals surface area contributed by atoms with Gasteiger partial charge in [-0.25, -0.2) is 35.1 Å². The minimum atomic E-state index is -5.11. The predicted octanol–water partition coefficient (Wildman–Crippen LogP) is 3.10. The summed E-state index contributed by atoms with van der Waals surface area (Å²) in [4.78, 5) is 0. The maximum atomic E-state index is 13.3. The molecule has 0 rings (SSSR count). The molecule has 0 spiro atoms. The topological polar surface area (TPSA) is 89.4 Å². The van der Waals surface area contributed by atoms with Gasteiger partial charge in [0, 0.05) is 6.42 Å². The first-order valence-electron chi connectivity index (χ1n) is 6.47. The summed E-state index contributed by atoms with van der Waals surface area (Å²) in [5, 5.41) is 0. The van der Waals surface area contributed by atoms with Crippen molar-refractivity contribution >= 4 is 10.1 Å². The monoisotopic (exact) mass is 415 g/mol. The highest BCUT2D eigenvalue weighted by Crippen LogP contribution is 2.28. The maximum absolute atomic E-state index is 13.3. The number of rotatable bonds is 11. The fourth-order valence-electron chi connectivity index (χ4n) is 1.66. The Kier molecular flexibility index (Phi) is 11.7. The van der Waals surface area contributed by atoms with Crippen molar-refractivity contribution in [2.75, 3.05) is 12.4 Å². The van der Waals surface area contributed by atoms with Gasteiger partial charge in [0.2, 0.25) is 0 Å². The van der Waals surface area contributed by atoms with Gasteiger partial charge in [0.15, 0.2) is 43.2 Å². The second-order valence-corrected chi connectivity index (χ2v) is 6.42. The second kappa shape index (κ2) is 11.1. The molecule has 0 aliphatic rings. The SMILES string of the molecule is N.O=S(=O)(O)CC(F)C(F)C(F)C(F)C(F)C(F)C(F)C(F)CCF. The third kappa shape index (κ3) is 8.44. The molecule has 0 aliphatic heterocycles. The lowest BCUT2D eigenvalue weighted by Crippen LogP contribution is -2.47. The highest BCUT2D eigenvalue weighted by molar-refractivity contribution is 7.85. The summed E-state index contributed by atoms with van der Waals surface area (Å²) in [6, 6.07) is 0. The van der Waals surface area contributed by atoms with E-state index >= 15 is 0 Å². The standard InChI is InChI=1S/C11H15F9O3S.H3N/c12-2-1-4(13)6(15)8(17)10(19)11(20)9(18)7(16)5(14)3-24(21,22)23;/h4-11H,1-3H2,(H,21,22,23);1H3. The van der Waals surface area contributed by atoms with E-state index < -0.39 is 78.3 Å². The molecule has 0 aliphatic carbocycles. The van der Waals surface area contributed by atoms with E-state index in [0.717, 1.165) is 0 Å². The average molecular weight is 415 g/mol. The molecule has 4 N–H and O–H groups in total. The number of hydrogen-bond acceptors (Lipinski definition) is 3. The minimum absolute atomic E-state index is 0. The van der Waals surface area contributed by atoms with Gasteiger partial charge in [-0.3, -0.25) is 8.94 Å². The first kappa shape index (κ1) is 26.5. The third-order valence-corrected chi connectivity index (χ3v) is 3.71. The molecule has 8 unspecified atom stereocenters. The van der Waals surface area contributed by atoms with Crippen molar-refractivity contribution in [3.8, 4) is 0 Å². The zero-order valence-electron chi connectivity index (χ0n) is 12.5. The fraction of sp³-hybridized carbons (Fsp3) is 1.00. The summed E-state index contributed by atoms with van der Waals surface area (Å²) >= 11 is 0. The molecule has 0 aromatic heterocycles. The molecule has 0 aromatic carbocycles. The summed E-state index contributed by atoms with van der Waals surface area (Å²) in [7, 11) is -5.11. The quantitative estimate of drug-likeness (QED) is 0.401. The predicted molar refractivity (Wildman–Crippen MR) is 71.2 cm³/mol. The Bertz CT molecular complexity index is 472. The van der Waals surface area contributed by atoms with Gasteiger partial charge in [0.25, 0.3) is 10.1 Å². The lowest BCUT2D eigenvalue weighted by atomic mass is 9.97. The van der Waals surface area contributed by atoms with Crippen molar-refractivity contribution in [2.45, 2.75) is 55.8 Å². The van der Waals surface area contributed by atoms with Gasteiger partial charge < -0.3 is 6.15 Å². The molecule has 0 radical (unpaired) electrons. The van der Waals surface area contributed by atoms with Crippen LogP contribution in [0.5, 0.6) is 0 Å². The highest BCUT2D eigenvalue weighted by Gasteiger charge is 2.47. The summed E-state index contributed by atoms with van der Waals surface area (Å²) in [6.07, 6.45) is -29.3. The van der Waals surface area contributed by atoms with E-state index in [9.17, 15) is 47.9 Å². The van der Waals surface area contributed by atoms with Crippen molar-refractivity contribution in [2.24, 2.45) is 0 Å². The molecule has 0 amide bonds. The molecule has 0 aromatic rings. The van der Waals surface area contributed by atoms with Crippen molar-refractivity contribution in [1.29, 1.82) is 0 Å². The van der Waals surface area contributed by atoms with Crippen molar-refractivity contribution in [1.82, 2.24) is 6.15 Å². The van der Waals surface area contributed by atoms with E-state index in [2.05, 4.69) is 0 Å². The summed E-state index contributed by atoms with van der Waals surface area (Å²) < 4.78 is 146. The molecule has 25 heavy (non-hydrogen) atoms. The van der Waals surface area contributed by atoms with Crippen LogP contribution in [-0.4, -0.2) is 74.8 Å². The molecule has 0 heterocycles. The molecule has 0 saturated carbocycles. The Morgan fingerprint density at radius 1 is 0.680 bits per heavy atom. The Hall–Kier alpha value is -0.760. The van der Waals surface area contributed by atoms with Crippen LogP contribution in [-0.2, 0) is 10.1 Å². The lowest BCUT2D eigenvalue weighted by molar-refractivity contribution is -0.0452. The van der Waals surface area contributed by atoms with E-state index in [0.29, 0.717) is 0 Å².